The summed E-state index contributed by atoms with van der Waals surface area (Å²) in [5.74, 6) is 2.69. The summed E-state index contributed by atoms with van der Waals surface area (Å²) in [5.41, 5.74) is 1.83. The van der Waals surface area contributed by atoms with Crippen molar-refractivity contribution in [1.29, 1.82) is 0 Å². The monoisotopic (exact) mass is 594 g/mol. The number of allylic oxidation sites excluding steroid dienone is 1. The Morgan fingerprint density at radius 3 is 2.64 bits per heavy atom. The Hall–Kier alpha value is -4.03. The Labute approximate surface area is 241 Å². The molecule has 6 rings (SSSR count). The summed E-state index contributed by atoms with van der Waals surface area (Å²) in [4.78, 5) is 18.9. The summed E-state index contributed by atoms with van der Waals surface area (Å²) < 4.78 is 60.7. The van der Waals surface area contributed by atoms with Gasteiger partial charge in [0.15, 0.2) is 5.78 Å². The highest BCUT2D eigenvalue weighted by Crippen LogP contribution is 2.51. The van der Waals surface area contributed by atoms with Gasteiger partial charge in [-0.2, -0.15) is 10.2 Å². The molecular formula is C30H29F3N6O2S. The maximum Gasteiger partial charge on any atom is 0.191 e. The Morgan fingerprint density at radius 2 is 1.95 bits per heavy atom. The topological polar surface area (TPSA) is 85.9 Å². The number of carbonyl (C=O) groups excluding carboxylic acids is 1. The third-order valence-electron chi connectivity index (χ3n) is 8.24. The van der Waals surface area contributed by atoms with Crippen LogP contribution in [0, 0.1) is 17.0 Å². The van der Waals surface area contributed by atoms with Crippen molar-refractivity contribution in [1.82, 2.24) is 28.9 Å². The second-order valence-corrected chi connectivity index (χ2v) is 13.0. The molecule has 3 heterocycles. The molecule has 0 radical (unpaired) electrons. The third-order valence-corrected chi connectivity index (χ3v) is 10.4. The summed E-state index contributed by atoms with van der Waals surface area (Å²) in [6.45, 7) is -0.899. The number of aryl methyl sites for hydroxylation is 1. The van der Waals surface area contributed by atoms with E-state index in [4.69, 9.17) is 0 Å². The van der Waals surface area contributed by atoms with E-state index < -0.39 is 33.7 Å². The Morgan fingerprint density at radius 1 is 1.17 bits per heavy atom. The molecule has 0 spiro atoms. The van der Waals surface area contributed by atoms with Crippen LogP contribution in [-0.4, -0.2) is 64.0 Å². The van der Waals surface area contributed by atoms with Crippen LogP contribution in [0.2, 0.25) is 0 Å². The molecule has 4 aromatic rings. The lowest BCUT2D eigenvalue weighted by atomic mass is 9.60. The van der Waals surface area contributed by atoms with E-state index in [1.807, 2.05) is 6.08 Å². The van der Waals surface area contributed by atoms with Crippen LogP contribution < -0.4 is 0 Å². The molecule has 2 aliphatic rings. The molecule has 3 atom stereocenters. The number of hydrogen-bond donors (Lipinski definition) is 0. The molecule has 1 unspecified atom stereocenters. The Balaban J connectivity index is 1.45. The second kappa shape index (κ2) is 10.7. The number of aromatic nitrogens is 5. The average molecular weight is 595 g/mol. The number of halogens is 3. The van der Waals surface area contributed by atoms with Gasteiger partial charge in [0.2, 0.25) is 0 Å². The predicted molar refractivity (Wildman–Crippen MR) is 153 cm³/mol. The number of rotatable bonds is 8. The zero-order chi connectivity index (χ0) is 29.6. The summed E-state index contributed by atoms with van der Waals surface area (Å²) >= 11 is 0. The first-order valence-electron chi connectivity index (χ1n) is 13.5. The number of pyridine rings is 1. The van der Waals surface area contributed by atoms with E-state index >= 15 is 0 Å². The molecule has 3 aromatic heterocycles. The van der Waals surface area contributed by atoms with E-state index in [-0.39, 0.29) is 36.7 Å². The fourth-order valence-electron chi connectivity index (χ4n) is 6.24. The minimum Gasteiger partial charge on any atom is -0.291 e. The van der Waals surface area contributed by atoms with E-state index in [2.05, 4.69) is 21.1 Å². The van der Waals surface area contributed by atoms with Gasteiger partial charge >= 0.3 is 0 Å². The lowest BCUT2D eigenvalue weighted by Gasteiger charge is -2.47. The fourth-order valence-corrected chi connectivity index (χ4v) is 8.07. The van der Waals surface area contributed by atoms with Crippen LogP contribution in [-0.2, 0) is 23.2 Å². The standard InChI is InChI=1S/C30H29F3N6O2S/c1-37-19-26(18-35-37)42(2,41)38(12-10-31)25-6-3-21-13-28-20(17-36-39(28)24-7-4-22(32)5-8-24)15-30(21,16-25)29(40)27-14-23(33)9-11-34-27/h4-5,7-9,11,13-14,17-19,25H,2-3,6,10,12,15-16H2,1H3/t25-,30-,42?/m0/s1. The van der Waals surface area contributed by atoms with Gasteiger partial charge in [-0.25, -0.2) is 26.4 Å². The van der Waals surface area contributed by atoms with Crippen molar-refractivity contribution in [2.24, 2.45) is 12.5 Å². The van der Waals surface area contributed by atoms with Gasteiger partial charge in [0.1, 0.15) is 24.0 Å². The first-order valence-corrected chi connectivity index (χ1v) is 15.2. The SMILES string of the molecule is C=S(=O)(c1cnn(C)c1)N(CCF)[C@H]1CCC2=Cc3c(cnn3-c3ccc(F)cc3)C[C@]2(C(=O)c2cc(F)ccn2)C1. The highest BCUT2D eigenvalue weighted by molar-refractivity contribution is 7.98. The number of carbonyl (C=O) groups is 1. The number of fused-ring (bicyclic) bond motifs is 2. The maximum atomic E-state index is 14.3. The summed E-state index contributed by atoms with van der Waals surface area (Å²) in [6.07, 6.45) is 9.26. The van der Waals surface area contributed by atoms with Crippen LogP contribution in [0.3, 0.4) is 0 Å². The number of benzene rings is 1. The lowest BCUT2D eigenvalue weighted by molar-refractivity contribution is 0.0737. The first-order chi connectivity index (χ1) is 20.1. The van der Waals surface area contributed by atoms with E-state index in [0.717, 1.165) is 22.9 Å². The lowest BCUT2D eigenvalue weighted by Crippen LogP contribution is -2.51. The van der Waals surface area contributed by atoms with E-state index in [9.17, 15) is 22.2 Å². The summed E-state index contributed by atoms with van der Waals surface area (Å²) in [6, 6.07) is 7.77. The van der Waals surface area contributed by atoms with Gasteiger partial charge in [-0.15, -0.1) is 0 Å². The fraction of sp³-hybridized carbons (Fsp3) is 0.300. The van der Waals surface area contributed by atoms with Gasteiger partial charge in [0.25, 0.3) is 0 Å². The highest BCUT2D eigenvalue weighted by Gasteiger charge is 2.51. The number of hydrogen-bond acceptors (Lipinski definition) is 5. The molecule has 1 fully saturated rings. The van der Waals surface area contributed by atoms with Crippen molar-refractivity contribution in [2.45, 2.75) is 36.6 Å². The summed E-state index contributed by atoms with van der Waals surface area (Å²) in [7, 11) is -1.45. The molecule has 42 heavy (non-hydrogen) atoms. The van der Waals surface area contributed by atoms with Crippen LogP contribution in [0.1, 0.15) is 41.0 Å². The molecular weight excluding hydrogens is 565 g/mol. The van der Waals surface area contributed by atoms with Crippen LogP contribution >= 0.6 is 0 Å². The van der Waals surface area contributed by atoms with Crippen molar-refractivity contribution >= 4 is 27.4 Å². The Kier molecular flexibility index (Phi) is 7.14. The largest absolute Gasteiger partial charge is 0.291 e. The third kappa shape index (κ3) is 4.78. The zero-order valence-electron chi connectivity index (χ0n) is 22.9. The van der Waals surface area contributed by atoms with E-state index in [1.165, 1.54) is 35.3 Å². The molecule has 2 aliphatic carbocycles. The van der Waals surface area contributed by atoms with Crippen molar-refractivity contribution in [3.63, 3.8) is 0 Å². The van der Waals surface area contributed by atoms with Gasteiger partial charge in [-0.05, 0) is 73.5 Å². The molecule has 1 saturated carbocycles. The van der Waals surface area contributed by atoms with Crippen LogP contribution in [0.5, 0.6) is 0 Å². The number of Topliss-reactive ketones (excluding diaryl/α,β-unsaturated/α-hetero) is 1. The smallest absolute Gasteiger partial charge is 0.191 e. The van der Waals surface area contributed by atoms with Crippen LogP contribution in [0.15, 0.2) is 71.7 Å². The first kappa shape index (κ1) is 28.1. The summed E-state index contributed by atoms with van der Waals surface area (Å²) in [5, 5.41) is 8.66. The molecule has 1 aromatic carbocycles. The van der Waals surface area contributed by atoms with E-state index in [0.29, 0.717) is 23.4 Å². The van der Waals surface area contributed by atoms with Crippen molar-refractivity contribution in [3.8, 4) is 5.69 Å². The molecule has 12 heteroatoms. The molecule has 8 nitrogen and oxygen atoms in total. The number of ketones is 1. The van der Waals surface area contributed by atoms with E-state index in [1.54, 1.807) is 40.6 Å². The molecule has 0 saturated heterocycles. The zero-order valence-corrected chi connectivity index (χ0v) is 23.7. The normalized spacial score (nSPS) is 21.4. The molecule has 0 amide bonds. The van der Waals surface area contributed by atoms with Crippen LogP contribution in [0.25, 0.3) is 11.8 Å². The highest BCUT2D eigenvalue weighted by atomic mass is 32.2. The Bertz CT molecular complexity index is 1800. The number of alkyl halides is 1. The number of nitrogens with zero attached hydrogens (tertiary/aromatic N) is 6. The van der Waals surface area contributed by atoms with Crippen molar-refractivity contribution in [3.05, 3.63) is 95.3 Å². The molecule has 0 bridgehead atoms. The minimum atomic E-state index is -3.14. The average Bonchev–Trinajstić information content (AvgIpc) is 3.60. The van der Waals surface area contributed by atoms with Gasteiger partial charge in [-0.1, -0.05) is 5.57 Å². The van der Waals surface area contributed by atoms with Gasteiger partial charge in [0.05, 0.1) is 43.8 Å². The second-order valence-electron chi connectivity index (χ2n) is 10.8. The van der Waals surface area contributed by atoms with Crippen molar-refractivity contribution in [2.75, 3.05) is 13.2 Å². The molecule has 0 N–H and O–H groups in total. The van der Waals surface area contributed by atoms with Gasteiger partial charge in [-0.3, -0.25) is 14.5 Å². The molecule has 0 aliphatic heterocycles. The molecule has 218 valence electrons. The quantitative estimate of drug-likeness (QED) is 0.220. The van der Waals surface area contributed by atoms with Crippen molar-refractivity contribution < 1.29 is 22.2 Å². The minimum absolute atomic E-state index is 0.0180. The van der Waals surface area contributed by atoms with Crippen LogP contribution in [0.4, 0.5) is 13.2 Å². The maximum absolute atomic E-state index is 14.3. The van der Waals surface area contributed by atoms with Gasteiger partial charge < -0.3 is 0 Å². The predicted octanol–water partition coefficient (Wildman–Crippen LogP) is 4.60. The van der Waals surface area contributed by atoms with Gasteiger partial charge in [0, 0.05) is 38.1 Å².